The summed E-state index contributed by atoms with van der Waals surface area (Å²) in [6.45, 7) is 6.32. The molecule has 1 aromatic heterocycles. The minimum Gasteiger partial charge on any atom is -0.444 e. The highest BCUT2D eigenvalue weighted by atomic mass is 16.6. The van der Waals surface area contributed by atoms with Crippen LogP contribution in [0.3, 0.4) is 0 Å². The SMILES string of the molecule is CC(C)(C)OC(=O)NC1CCC(NCc2ccno2)CC1. The third-order valence-corrected chi connectivity index (χ3v) is 3.50. The fourth-order valence-electron chi connectivity index (χ4n) is 2.49. The molecule has 0 atom stereocenters. The molecule has 0 unspecified atom stereocenters. The minimum absolute atomic E-state index is 0.211. The van der Waals surface area contributed by atoms with Gasteiger partial charge in [-0.2, -0.15) is 0 Å². The highest BCUT2D eigenvalue weighted by Crippen LogP contribution is 2.19. The Morgan fingerprint density at radius 3 is 2.57 bits per heavy atom. The second-order valence-electron chi connectivity index (χ2n) is 6.55. The van der Waals surface area contributed by atoms with Crippen molar-refractivity contribution in [1.29, 1.82) is 0 Å². The van der Waals surface area contributed by atoms with E-state index in [0.717, 1.165) is 31.4 Å². The molecule has 0 bridgehead atoms. The van der Waals surface area contributed by atoms with E-state index in [1.54, 1.807) is 6.20 Å². The highest BCUT2D eigenvalue weighted by Gasteiger charge is 2.24. The summed E-state index contributed by atoms with van der Waals surface area (Å²) >= 11 is 0. The van der Waals surface area contributed by atoms with Crippen molar-refractivity contribution in [2.24, 2.45) is 0 Å². The molecule has 0 saturated heterocycles. The van der Waals surface area contributed by atoms with E-state index in [9.17, 15) is 4.79 Å². The lowest BCUT2D eigenvalue weighted by Crippen LogP contribution is -2.43. The first-order valence-corrected chi connectivity index (χ1v) is 7.55. The molecule has 1 heterocycles. The fourth-order valence-corrected chi connectivity index (χ4v) is 2.49. The van der Waals surface area contributed by atoms with Gasteiger partial charge in [0.1, 0.15) is 11.4 Å². The van der Waals surface area contributed by atoms with Gasteiger partial charge in [0.05, 0.1) is 12.7 Å². The molecule has 6 heteroatoms. The number of nitrogens with one attached hydrogen (secondary N) is 2. The van der Waals surface area contributed by atoms with E-state index >= 15 is 0 Å². The van der Waals surface area contributed by atoms with E-state index < -0.39 is 5.60 Å². The third kappa shape index (κ3) is 5.75. The Morgan fingerprint density at radius 2 is 2.00 bits per heavy atom. The molecule has 6 nitrogen and oxygen atoms in total. The summed E-state index contributed by atoms with van der Waals surface area (Å²) in [7, 11) is 0. The van der Waals surface area contributed by atoms with Crippen LogP contribution in [0.2, 0.25) is 0 Å². The van der Waals surface area contributed by atoms with Gasteiger partial charge >= 0.3 is 6.09 Å². The average molecular weight is 295 g/mol. The summed E-state index contributed by atoms with van der Waals surface area (Å²) in [5, 5.41) is 10.1. The van der Waals surface area contributed by atoms with Crippen molar-refractivity contribution in [3.05, 3.63) is 18.0 Å². The molecule has 1 aliphatic rings. The second kappa shape index (κ2) is 6.93. The first-order chi connectivity index (χ1) is 9.92. The van der Waals surface area contributed by atoms with Gasteiger partial charge in [-0.1, -0.05) is 5.16 Å². The zero-order valence-corrected chi connectivity index (χ0v) is 13.0. The molecule has 21 heavy (non-hydrogen) atoms. The number of carbonyl (C=O) groups is 1. The zero-order chi connectivity index (χ0) is 15.3. The van der Waals surface area contributed by atoms with Gasteiger partial charge in [0.25, 0.3) is 0 Å². The van der Waals surface area contributed by atoms with Crippen LogP contribution in [-0.2, 0) is 11.3 Å². The number of hydrogen-bond donors (Lipinski definition) is 2. The van der Waals surface area contributed by atoms with Crippen molar-refractivity contribution in [3.63, 3.8) is 0 Å². The van der Waals surface area contributed by atoms with Crippen LogP contribution in [0.4, 0.5) is 4.79 Å². The number of rotatable bonds is 4. The van der Waals surface area contributed by atoms with Crippen molar-refractivity contribution in [2.45, 2.75) is 70.7 Å². The number of alkyl carbamates (subject to hydrolysis) is 1. The first-order valence-electron chi connectivity index (χ1n) is 7.55. The lowest BCUT2D eigenvalue weighted by atomic mass is 9.91. The Morgan fingerprint density at radius 1 is 1.33 bits per heavy atom. The van der Waals surface area contributed by atoms with Gasteiger partial charge in [-0.3, -0.25) is 0 Å². The number of nitrogens with zero attached hydrogens (tertiary/aromatic N) is 1. The van der Waals surface area contributed by atoms with Crippen molar-refractivity contribution >= 4 is 6.09 Å². The maximum Gasteiger partial charge on any atom is 0.407 e. The van der Waals surface area contributed by atoms with Crippen LogP contribution in [0.5, 0.6) is 0 Å². The molecule has 0 aliphatic heterocycles. The van der Waals surface area contributed by atoms with E-state index in [1.165, 1.54) is 0 Å². The molecular weight excluding hydrogens is 270 g/mol. The molecule has 1 aliphatic carbocycles. The number of hydrogen-bond acceptors (Lipinski definition) is 5. The Bertz CT molecular complexity index is 432. The van der Waals surface area contributed by atoms with Gasteiger partial charge < -0.3 is 19.9 Å². The molecule has 1 saturated carbocycles. The van der Waals surface area contributed by atoms with E-state index in [1.807, 2.05) is 26.8 Å². The second-order valence-corrected chi connectivity index (χ2v) is 6.55. The Hall–Kier alpha value is -1.56. The smallest absolute Gasteiger partial charge is 0.407 e. The molecule has 1 fully saturated rings. The Kier molecular flexibility index (Phi) is 5.22. The first kappa shape index (κ1) is 15.8. The quantitative estimate of drug-likeness (QED) is 0.893. The van der Waals surface area contributed by atoms with Crippen LogP contribution < -0.4 is 10.6 Å². The van der Waals surface area contributed by atoms with Crippen LogP contribution in [0.25, 0.3) is 0 Å². The van der Waals surface area contributed by atoms with Crippen molar-refractivity contribution < 1.29 is 14.1 Å². The summed E-state index contributed by atoms with van der Waals surface area (Å²) in [4.78, 5) is 11.7. The van der Waals surface area contributed by atoms with E-state index in [4.69, 9.17) is 9.26 Å². The minimum atomic E-state index is -0.445. The largest absolute Gasteiger partial charge is 0.444 e. The standard InChI is InChI=1S/C15H25N3O3/c1-15(2,3)20-14(19)18-12-6-4-11(5-7-12)16-10-13-8-9-17-21-13/h8-9,11-12,16H,4-7,10H2,1-3H3,(H,18,19). The van der Waals surface area contributed by atoms with Crippen LogP contribution in [0.15, 0.2) is 16.8 Å². The average Bonchev–Trinajstić information content (AvgIpc) is 2.89. The molecule has 1 amide bonds. The number of carbonyl (C=O) groups excluding carboxylic acids is 1. The molecule has 0 spiro atoms. The van der Waals surface area contributed by atoms with Crippen molar-refractivity contribution in [3.8, 4) is 0 Å². The normalized spacial score (nSPS) is 22.8. The molecule has 0 radical (unpaired) electrons. The summed E-state index contributed by atoms with van der Waals surface area (Å²) in [6, 6.07) is 2.54. The van der Waals surface area contributed by atoms with Gasteiger partial charge in [0, 0.05) is 18.2 Å². The lowest BCUT2D eigenvalue weighted by molar-refractivity contribution is 0.0489. The maximum atomic E-state index is 11.7. The molecule has 2 N–H and O–H groups in total. The molecule has 0 aromatic carbocycles. The van der Waals surface area contributed by atoms with Crippen LogP contribution in [-0.4, -0.2) is 28.9 Å². The van der Waals surface area contributed by atoms with E-state index in [2.05, 4.69) is 15.8 Å². The van der Waals surface area contributed by atoms with Crippen LogP contribution in [0, 0.1) is 0 Å². The maximum absolute atomic E-state index is 11.7. The molecule has 1 aromatic rings. The topological polar surface area (TPSA) is 76.4 Å². The van der Waals surface area contributed by atoms with E-state index in [0.29, 0.717) is 12.6 Å². The number of amides is 1. The molecular formula is C15H25N3O3. The summed E-state index contributed by atoms with van der Waals surface area (Å²) in [6.07, 6.45) is 5.34. The van der Waals surface area contributed by atoms with Gasteiger partial charge in [-0.05, 0) is 46.5 Å². The van der Waals surface area contributed by atoms with Gasteiger partial charge in [-0.15, -0.1) is 0 Å². The van der Waals surface area contributed by atoms with Gasteiger partial charge in [-0.25, -0.2) is 4.79 Å². The lowest BCUT2D eigenvalue weighted by Gasteiger charge is -2.30. The van der Waals surface area contributed by atoms with E-state index in [-0.39, 0.29) is 12.1 Å². The van der Waals surface area contributed by atoms with Crippen molar-refractivity contribution in [2.75, 3.05) is 0 Å². The fraction of sp³-hybridized carbons (Fsp3) is 0.733. The monoisotopic (exact) mass is 295 g/mol. The Balaban J connectivity index is 1.65. The zero-order valence-electron chi connectivity index (χ0n) is 13.0. The van der Waals surface area contributed by atoms with Crippen LogP contribution >= 0.6 is 0 Å². The predicted octanol–water partition coefficient (Wildman–Crippen LogP) is 2.60. The van der Waals surface area contributed by atoms with Crippen molar-refractivity contribution in [1.82, 2.24) is 15.8 Å². The summed E-state index contributed by atoms with van der Waals surface area (Å²) < 4.78 is 10.3. The van der Waals surface area contributed by atoms with Gasteiger partial charge in [0.15, 0.2) is 0 Å². The molecule has 118 valence electrons. The van der Waals surface area contributed by atoms with Crippen LogP contribution in [0.1, 0.15) is 52.2 Å². The highest BCUT2D eigenvalue weighted by molar-refractivity contribution is 5.68. The van der Waals surface area contributed by atoms with Gasteiger partial charge in [0.2, 0.25) is 0 Å². The predicted molar refractivity (Wildman–Crippen MR) is 78.8 cm³/mol. The Labute approximate surface area is 125 Å². The number of ether oxygens (including phenoxy) is 1. The summed E-state index contributed by atoms with van der Waals surface area (Å²) in [5.41, 5.74) is -0.445. The summed E-state index contributed by atoms with van der Waals surface area (Å²) in [5.74, 6) is 0.851. The number of aromatic nitrogens is 1. The third-order valence-electron chi connectivity index (χ3n) is 3.50. The molecule has 2 rings (SSSR count).